The van der Waals surface area contributed by atoms with Crippen molar-refractivity contribution in [1.82, 2.24) is 4.57 Å². The summed E-state index contributed by atoms with van der Waals surface area (Å²) in [5.41, 5.74) is 10.8. The molecule has 0 radical (unpaired) electrons. The smallest absolute Gasteiger partial charge is 0.243 e. The first-order chi connectivity index (χ1) is 5.86. The van der Waals surface area contributed by atoms with Crippen LogP contribution in [0.5, 0.6) is 0 Å². The summed E-state index contributed by atoms with van der Waals surface area (Å²) in [6.07, 6.45) is 7.16. The predicted molar refractivity (Wildman–Crippen MR) is 47.4 cm³/mol. The number of aryl methyl sites for hydroxylation is 1. The first-order valence-electron chi connectivity index (χ1n) is 4.32. The lowest BCUT2D eigenvalue weighted by Crippen LogP contribution is -2.32. The Morgan fingerprint density at radius 1 is 1.25 bits per heavy atom. The van der Waals surface area contributed by atoms with Gasteiger partial charge in [-0.2, -0.15) is 0 Å². The molecule has 1 rings (SSSR count). The highest BCUT2D eigenvalue weighted by molar-refractivity contribution is 4.66. The van der Waals surface area contributed by atoms with Crippen molar-refractivity contribution in [2.45, 2.75) is 19.5 Å². The molecular formula is C8H17N4+. The summed E-state index contributed by atoms with van der Waals surface area (Å²) < 4.78 is 4.21. The van der Waals surface area contributed by atoms with Gasteiger partial charge in [-0.1, -0.05) is 0 Å². The van der Waals surface area contributed by atoms with Gasteiger partial charge in [-0.25, -0.2) is 9.13 Å². The van der Waals surface area contributed by atoms with E-state index < -0.39 is 0 Å². The molecular weight excluding hydrogens is 152 g/mol. The second-order valence-corrected chi connectivity index (χ2v) is 2.82. The summed E-state index contributed by atoms with van der Waals surface area (Å²) in [5.74, 6) is 0. The van der Waals surface area contributed by atoms with E-state index in [0.29, 0.717) is 6.54 Å². The van der Waals surface area contributed by atoms with Crippen molar-refractivity contribution in [2.75, 3.05) is 13.1 Å². The number of imidazole rings is 1. The topological polar surface area (TPSA) is 60.8 Å². The normalized spacial score (nSPS) is 10.5. The molecule has 0 saturated carbocycles. The maximum Gasteiger partial charge on any atom is 0.243 e. The van der Waals surface area contributed by atoms with Gasteiger partial charge >= 0.3 is 0 Å². The Kier molecular flexibility index (Phi) is 3.76. The van der Waals surface area contributed by atoms with E-state index in [9.17, 15) is 0 Å². The van der Waals surface area contributed by atoms with Crippen LogP contribution in [-0.4, -0.2) is 17.7 Å². The summed E-state index contributed by atoms with van der Waals surface area (Å²) >= 11 is 0. The molecule has 12 heavy (non-hydrogen) atoms. The molecule has 0 unspecified atom stereocenters. The van der Waals surface area contributed by atoms with E-state index in [0.717, 1.165) is 26.1 Å². The summed E-state index contributed by atoms with van der Waals surface area (Å²) in [7, 11) is 0. The molecule has 0 aromatic carbocycles. The van der Waals surface area contributed by atoms with Crippen LogP contribution in [0, 0.1) is 0 Å². The van der Waals surface area contributed by atoms with Crippen LogP contribution >= 0.6 is 0 Å². The van der Waals surface area contributed by atoms with Crippen molar-refractivity contribution in [1.29, 1.82) is 0 Å². The Labute approximate surface area is 72.8 Å². The van der Waals surface area contributed by atoms with Crippen molar-refractivity contribution in [3.8, 4) is 0 Å². The predicted octanol–water partition coefficient (Wildman–Crippen LogP) is -0.917. The van der Waals surface area contributed by atoms with E-state index in [4.69, 9.17) is 11.5 Å². The van der Waals surface area contributed by atoms with E-state index in [-0.39, 0.29) is 0 Å². The molecule has 0 aliphatic rings. The number of hydrogen-bond acceptors (Lipinski definition) is 2. The molecule has 0 bridgehead atoms. The maximum atomic E-state index is 5.42. The highest BCUT2D eigenvalue weighted by Crippen LogP contribution is 1.83. The van der Waals surface area contributed by atoms with Crippen LogP contribution in [0.25, 0.3) is 0 Å². The highest BCUT2D eigenvalue weighted by atomic mass is 15.1. The molecule has 0 aliphatic carbocycles. The fourth-order valence-corrected chi connectivity index (χ4v) is 1.13. The van der Waals surface area contributed by atoms with Gasteiger partial charge in [-0.3, -0.25) is 0 Å². The SMILES string of the molecule is NCCC[n+]1ccn(CCN)c1. The fraction of sp³-hybridized carbons (Fsp3) is 0.625. The zero-order valence-corrected chi connectivity index (χ0v) is 7.32. The molecule has 4 nitrogen and oxygen atoms in total. The van der Waals surface area contributed by atoms with Crippen LogP contribution in [0.1, 0.15) is 6.42 Å². The second kappa shape index (κ2) is 4.90. The van der Waals surface area contributed by atoms with Crippen molar-refractivity contribution < 1.29 is 4.57 Å². The van der Waals surface area contributed by atoms with Crippen LogP contribution in [0.2, 0.25) is 0 Å². The highest BCUT2D eigenvalue weighted by Gasteiger charge is 2.00. The molecule has 0 atom stereocenters. The molecule has 0 saturated heterocycles. The zero-order chi connectivity index (χ0) is 8.81. The number of aromatic nitrogens is 2. The Morgan fingerprint density at radius 2 is 2.08 bits per heavy atom. The van der Waals surface area contributed by atoms with Gasteiger partial charge in [0.1, 0.15) is 18.9 Å². The van der Waals surface area contributed by atoms with Crippen molar-refractivity contribution in [3.05, 3.63) is 18.7 Å². The van der Waals surface area contributed by atoms with E-state index in [2.05, 4.69) is 15.5 Å². The molecule has 1 heterocycles. The van der Waals surface area contributed by atoms with E-state index in [1.165, 1.54) is 0 Å². The molecule has 0 spiro atoms. The van der Waals surface area contributed by atoms with Gasteiger partial charge in [0, 0.05) is 6.54 Å². The standard InChI is InChI=1S/C8H17N4/c9-2-1-4-11-6-7-12(8-11)5-3-10/h6-8H,1-5,9-10H2/q+1. The number of hydrogen-bond donors (Lipinski definition) is 2. The third-order valence-electron chi connectivity index (χ3n) is 1.75. The lowest BCUT2D eigenvalue weighted by atomic mass is 10.4. The largest absolute Gasteiger partial charge is 0.330 e. The van der Waals surface area contributed by atoms with Crippen molar-refractivity contribution >= 4 is 0 Å². The van der Waals surface area contributed by atoms with Crippen molar-refractivity contribution in [3.63, 3.8) is 0 Å². The Hall–Kier alpha value is -0.870. The van der Waals surface area contributed by atoms with E-state index in [1.807, 2.05) is 12.4 Å². The third-order valence-corrected chi connectivity index (χ3v) is 1.75. The number of rotatable bonds is 5. The minimum atomic E-state index is 0.686. The van der Waals surface area contributed by atoms with Gasteiger partial charge in [0.2, 0.25) is 6.33 Å². The van der Waals surface area contributed by atoms with Gasteiger partial charge < -0.3 is 11.5 Å². The van der Waals surface area contributed by atoms with Crippen LogP contribution in [-0.2, 0) is 13.1 Å². The third kappa shape index (κ3) is 2.64. The summed E-state index contributed by atoms with van der Waals surface area (Å²) in [6, 6.07) is 0. The van der Waals surface area contributed by atoms with Gasteiger partial charge in [0.25, 0.3) is 0 Å². The minimum Gasteiger partial charge on any atom is -0.330 e. The Morgan fingerprint density at radius 3 is 2.75 bits per heavy atom. The Balaban J connectivity index is 2.41. The van der Waals surface area contributed by atoms with Gasteiger partial charge in [-0.15, -0.1) is 0 Å². The molecule has 4 N–H and O–H groups in total. The quantitative estimate of drug-likeness (QED) is 0.560. The average molecular weight is 169 g/mol. The van der Waals surface area contributed by atoms with E-state index >= 15 is 0 Å². The van der Waals surface area contributed by atoms with Gasteiger partial charge in [0.15, 0.2) is 0 Å². The minimum absolute atomic E-state index is 0.686. The molecule has 0 amide bonds. The van der Waals surface area contributed by atoms with Crippen LogP contribution in [0.15, 0.2) is 18.7 Å². The molecule has 4 heteroatoms. The zero-order valence-electron chi connectivity index (χ0n) is 7.32. The van der Waals surface area contributed by atoms with Gasteiger partial charge in [-0.05, 0) is 13.0 Å². The van der Waals surface area contributed by atoms with Crippen molar-refractivity contribution in [2.24, 2.45) is 11.5 Å². The first kappa shape index (κ1) is 9.22. The summed E-state index contributed by atoms with van der Waals surface area (Å²) in [5, 5.41) is 0. The van der Waals surface area contributed by atoms with E-state index in [1.54, 1.807) is 0 Å². The lowest BCUT2D eigenvalue weighted by molar-refractivity contribution is -0.696. The molecule has 1 aromatic rings. The number of nitrogens with zero attached hydrogens (tertiary/aromatic N) is 2. The average Bonchev–Trinajstić information content (AvgIpc) is 2.50. The van der Waals surface area contributed by atoms with Crippen LogP contribution in [0.4, 0.5) is 0 Å². The molecule has 0 fully saturated rings. The molecule has 0 aliphatic heterocycles. The summed E-state index contributed by atoms with van der Waals surface area (Å²) in [4.78, 5) is 0. The summed E-state index contributed by atoms with van der Waals surface area (Å²) in [6.45, 7) is 3.31. The maximum absolute atomic E-state index is 5.42. The fourth-order valence-electron chi connectivity index (χ4n) is 1.13. The lowest BCUT2D eigenvalue weighted by Gasteiger charge is -1.92. The van der Waals surface area contributed by atoms with Crippen LogP contribution < -0.4 is 16.0 Å². The Bertz CT molecular complexity index is 219. The molecule has 1 aromatic heterocycles. The van der Waals surface area contributed by atoms with Gasteiger partial charge in [0.05, 0.1) is 6.54 Å². The van der Waals surface area contributed by atoms with Crippen LogP contribution in [0.3, 0.4) is 0 Å². The number of nitrogens with two attached hydrogens (primary N) is 2. The molecule has 68 valence electrons. The first-order valence-corrected chi connectivity index (χ1v) is 4.32. The second-order valence-electron chi connectivity index (χ2n) is 2.82. The monoisotopic (exact) mass is 169 g/mol.